The van der Waals surface area contributed by atoms with Gasteiger partial charge in [-0.15, -0.1) is 0 Å². The number of aliphatic hydroxyl groups is 3. The van der Waals surface area contributed by atoms with Gasteiger partial charge >= 0.3 is 17.9 Å². The predicted molar refractivity (Wildman–Crippen MR) is 159 cm³/mol. The van der Waals surface area contributed by atoms with Crippen molar-refractivity contribution in [3.63, 3.8) is 0 Å². The Bertz CT molecular complexity index is 892. The Kier molecular flexibility index (Phi) is 13.3. The molecule has 12 heteroatoms. The fourth-order valence-corrected chi connectivity index (χ4v) is 5.11. The van der Waals surface area contributed by atoms with Gasteiger partial charge in [0.1, 0.15) is 0 Å². The fraction of sp³-hybridized carbons (Fsp3) is 0.710. The van der Waals surface area contributed by atoms with Crippen LogP contribution in [0.2, 0.25) is 0 Å². The second-order valence-corrected chi connectivity index (χ2v) is 11.9. The lowest BCUT2D eigenvalue weighted by atomic mass is 9.66. The van der Waals surface area contributed by atoms with E-state index in [1.807, 2.05) is 0 Å². The number of carbonyl (C=O) groups is 3. The highest BCUT2D eigenvalue weighted by atomic mass is 16.5. The summed E-state index contributed by atoms with van der Waals surface area (Å²) in [7, 11) is 0. The van der Waals surface area contributed by atoms with Crippen LogP contribution in [0.5, 0.6) is 0 Å². The van der Waals surface area contributed by atoms with Crippen molar-refractivity contribution in [3.8, 4) is 0 Å². The first kappa shape index (κ1) is 34.9. The second kappa shape index (κ2) is 16.5. The summed E-state index contributed by atoms with van der Waals surface area (Å²) in [4.78, 5) is 37.9. The van der Waals surface area contributed by atoms with Gasteiger partial charge in [-0.1, -0.05) is 18.2 Å². The van der Waals surface area contributed by atoms with Gasteiger partial charge in [0.2, 0.25) is 0 Å². The lowest BCUT2D eigenvalue weighted by molar-refractivity contribution is -0.138. The van der Waals surface area contributed by atoms with E-state index in [2.05, 4.69) is 16.0 Å². The number of ether oxygens (including phenoxy) is 3. The molecule has 3 saturated heterocycles. The van der Waals surface area contributed by atoms with E-state index in [-0.39, 0.29) is 32.7 Å². The number of nitrogens with one attached hydrogen (secondary N) is 3. The van der Waals surface area contributed by atoms with Crippen LogP contribution < -0.4 is 16.0 Å². The van der Waals surface area contributed by atoms with E-state index in [9.17, 15) is 29.7 Å². The smallest absolute Gasteiger partial charge is 0.330 e. The normalized spacial score (nSPS) is 26.0. The number of hydrogen-bond acceptors (Lipinski definition) is 12. The first-order valence-electron chi connectivity index (χ1n) is 15.3. The fourth-order valence-electron chi connectivity index (χ4n) is 5.11. The van der Waals surface area contributed by atoms with Gasteiger partial charge in [0, 0.05) is 66.8 Å². The van der Waals surface area contributed by atoms with Crippen LogP contribution in [0.3, 0.4) is 0 Å². The van der Waals surface area contributed by atoms with Crippen molar-refractivity contribution in [3.05, 3.63) is 36.5 Å². The largest absolute Gasteiger partial charge is 0.462 e. The van der Waals surface area contributed by atoms with E-state index in [4.69, 9.17) is 14.2 Å². The molecule has 242 valence electrons. The van der Waals surface area contributed by atoms with Crippen molar-refractivity contribution in [2.75, 3.05) is 39.5 Å². The summed E-state index contributed by atoms with van der Waals surface area (Å²) in [5, 5.41) is 41.5. The van der Waals surface area contributed by atoms with Crippen LogP contribution in [-0.4, -0.2) is 109 Å². The summed E-state index contributed by atoms with van der Waals surface area (Å²) >= 11 is 0. The lowest BCUT2D eigenvalue weighted by Crippen LogP contribution is -2.51. The van der Waals surface area contributed by atoms with E-state index in [0.717, 1.165) is 19.6 Å². The number of allylic oxidation sites excluding steroid dienone is 3. The van der Waals surface area contributed by atoms with E-state index < -0.39 is 47.0 Å². The van der Waals surface area contributed by atoms with Crippen LogP contribution in [0.25, 0.3) is 0 Å². The van der Waals surface area contributed by atoms with Crippen LogP contribution in [0.15, 0.2) is 36.5 Å². The number of esters is 3. The van der Waals surface area contributed by atoms with Crippen molar-refractivity contribution in [1.82, 2.24) is 16.0 Å². The van der Waals surface area contributed by atoms with Crippen molar-refractivity contribution < 1.29 is 43.9 Å². The molecule has 6 N–H and O–H groups in total. The standard InChI is InChI=1S/C31H49N3O9/c1-21(35)31(22(2)36,23(3)37)14-13-30(10-4-27(38)41-15-7-24-18-32-24,11-5-28(39)42-16-8-25-19-33-25)12-6-29(40)43-17-9-26-20-34-26/h4-6,10-12,21-26,32-37H,7-9,13-20H2,1-3H3. The predicted octanol–water partition coefficient (Wildman–Crippen LogP) is 0.266. The molecule has 6 atom stereocenters. The molecule has 0 saturated carbocycles. The molecular weight excluding hydrogens is 558 g/mol. The van der Waals surface area contributed by atoms with Gasteiger partial charge in [-0.05, 0) is 52.9 Å². The Morgan fingerprint density at radius 3 is 1.21 bits per heavy atom. The van der Waals surface area contributed by atoms with Crippen molar-refractivity contribution in [1.29, 1.82) is 0 Å². The minimum absolute atomic E-state index is 0.0617. The zero-order valence-corrected chi connectivity index (χ0v) is 25.5. The zero-order valence-electron chi connectivity index (χ0n) is 25.5. The van der Waals surface area contributed by atoms with E-state index in [0.29, 0.717) is 37.4 Å². The second-order valence-electron chi connectivity index (χ2n) is 11.9. The molecule has 6 unspecified atom stereocenters. The molecule has 0 aromatic carbocycles. The van der Waals surface area contributed by atoms with E-state index in [1.165, 1.54) is 57.2 Å². The molecule has 3 heterocycles. The number of carbonyl (C=O) groups excluding carboxylic acids is 3. The van der Waals surface area contributed by atoms with Crippen LogP contribution in [0.4, 0.5) is 0 Å². The molecule has 0 aromatic heterocycles. The minimum Gasteiger partial charge on any atom is -0.462 e. The topological polar surface area (TPSA) is 205 Å². The van der Waals surface area contributed by atoms with E-state index in [1.54, 1.807) is 0 Å². The van der Waals surface area contributed by atoms with Gasteiger partial charge < -0.3 is 45.5 Å². The molecule has 43 heavy (non-hydrogen) atoms. The molecule has 0 aliphatic carbocycles. The summed E-state index contributed by atoms with van der Waals surface area (Å²) in [6, 6.07) is 1.04. The van der Waals surface area contributed by atoms with Crippen molar-refractivity contribution in [2.24, 2.45) is 10.8 Å². The Balaban J connectivity index is 1.85. The maximum atomic E-state index is 12.6. The quantitative estimate of drug-likeness (QED) is 0.0450. The van der Waals surface area contributed by atoms with E-state index >= 15 is 0 Å². The van der Waals surface area contributed by atoms with Gasteiger partial charge in [0.05, 0.1) is 38.1 Å². The summed E-state index contributed by atoms with van der Waals surface area (Å²) in [6.45, 7) is 7.86. The Morgan fingerprint density at radius 2 is 0.953 bits per heavy atom. The molecule has 0 aromatic rings. The summed E-state index contributed by atoms with van der Waals surface area (Å²) in [6.07, 6.45) is 7.14. The maximum Gasteiger partial charge on any atom is 0.330 e. The molecule has 0 radical (unpaired) electrons. The van der Waals surface area contributed by atoms with Crippen LogP contribution in [-0.2, 0) is 28.6 Å². The lowest BCUT2D eigenvalue weighted by Gasteiger charge is -2.43. The Morgan fingerprint density at radius 1 is 0.651 bits per heavy atom. The highest BCUT2D eigenvalue weighted by molar-refractivity contribution is 5.84. The molecule has 12 nitrogen and oxygen atoms in total. The molecule has 3 fully saturated rings. The van der Waals surface area contributed by atoms with Crippen LogP contribution >= 0.6 is 0 Å². The number of aliphatic hydroxyl groups excluding tert-OH is 3. The molecule has 3 rings (SSSR count). The van der Waals surface area contributed by atoms with Gasteiger partial charge in [0.25, 0.3) is 0 Å². The van der Waals surface area contributed by atoms with Gasteiger partial charge in [-0.2, -0.15) is 0 Å². The third-order valence-corrected chi connectivity index (χ3v) is 8.52. The van der Waals surface area contributed by atoms with Crippen LogP contribution in [0, 0.1) is 10.8 Å². The highest BCUT2D eigenvalue weighted by Crippen LogP contribution is 2.42. The zero-order chi connectivity index (χ0) is 31.5. The molecular formula is C31H49N3O9. The number of hydrogen-bond donors (Lipinski definition) is 6. The van der Waals surface area contributed by atoms with Gasteiger partial charge in [-0.3, -0.25) is 0 Å². The highest BCUT2D eigenvalue weighted by Gasteiger charge is 2.45. The average molecular weight is 608 g/mol. The molecule has 0 amide bonds. The molecule has 3 aliphatic rings. The first-order chi connectivity index (χ1) is 20.5. The van der Waals surface area contributed by atoms with Crippen molar-refractivity contribution in [2.45, 2.75) is 89.3 Å². The Labute approximate surface area is 253 Å². The number of rotatable bonds is 21. The van der Waals surface area contributed by atoms with Crippen molar-refractivity contribution >= 4 is 17.9 Å². The van der Waals surface area contributed by atoms with Crippen LogP contribution in [0.1, 0.15) is 52.9 Å². The first-order valence-corrected chi connectivity index (χ1v) is 15.3. The Hall–Kier alpha value is -2.61. The SMILES string of the molecule is CC(O)C(CCC(C=CC(=O)OCCC1CN1)(C=CC(=O)OCCC1CN1)C=CC(=O)OCCC1CN1)(C(C)O)C(C)O. The van der Waals surface area contributed by atoms with Gasteiger partial charge in [0.15, 0.2) is 0 Å². The summed E-state index contributed by atoms with van der Waals surface area (Å²) in [5.74, 6) is -1.80. The average Bonchev–Trinajstić information content (AvgIpc) is 3.78. The summed E-state index contributed by atoms with van der Waals surface area (Å²) in [5.41, 5.74) is -2.59. The molecule has 0 spiro atoms. The summed E-state index contributed by atoms with van der Waals surface area (Å²) < 4.78 is 16.0. The van der Waals surface area contributed by atoms with Gasteiger partial charge in [-0.25, -0.2) is 14.4 Å². The third kappa shape index (κ3) is 12.1. The maximum absolute atomic E-state index is 12.6. The third-order valence-electron chi connectivity index (χ3n) is 8.52. The minimum atomic E-state index is -1.34. The molecule has 0 bridgehead atoms. The molecule has 3 aliphatic heterocycles. The monoisotopic (exact) mass is 607 g/mol.